The number of quaternary nitrogens is 1. The van der Waals surface area contributed by atoms with Gasteiger partial charge >= 0.3 is 0 Å². The van der Waals surface area contributed by atoms with E-state index in [1.54, 1.807) is 11.3 Å². The summed E-state index contributed by atoms with van der Waals surface area (Å²) in [5, 5.41) is 5.28. The van der Waals surface area contributed by atoms with Crippen molar-refractivity contribution in [2.75, 3.05) is 20.6 Å². The summed E-state index contributed by atoms with van der Waals surface area (Å²) in [6.07, 6.45) is 1.88. The fourth-order valence-electron chi connectivity index (χ4n) is 2.83. The van der Waals surface area contributed by atoms with Crippen LogP contribution in [0.25, 0.3) is 0 Å². The lowest BCUT2D eigenvalue weighted by atomic mass is 9.93. The highest BCUT2D eigenvalue weighted by Gasteiger charge is 2.23. The minimum absolute atomic E-state index is 0.0534. The highest BCUT2D eigenvalue weighted by molar-refractivity contribution is 7.10. The number of hydrogen-bond acceptors (Lipinski definition) is 2. The van der Waals surface area contributed by atoms with Crippen LogP contribution in [0, 0.1) is 0 Å². The van der Waals surface area contributed by atoms with Crippen LogP contribution in [-0.4, -0.2) is 26.5 Å². The maximum Gasteiger partial charge on any atom is 0.227 e. The number of thiophene rings is 1. The van der Waals surface area contributed by atoms with E-state index in [4.69, 9.17) is 0 Å². The van der Waals surface area contributed by atoms with Crippen molar-refractivity contribution in [2.45, 2.75) is 31.7 Å². The van der Waals surface area contributed by atoms with Crippen LogP contribution in [0.2, 0.25) is 0 Å². The number of nitrogens with one attached hydrogen (secondary N) is 2. The third kappa shape index (κ3) is 4.91. The molecule has 2 rings (SSSR count). The Morgan fingerprint density at radius 1 is 1.17 bits per heavy atom. The minimum Gasteiger partial charge on any atom is -0.349 e. The van der Waals surface area contributed by atoms with Gasteiger partial charge in [-0.3, -0.25) is 4.79 Å². The normalized spacial score (nSPS) is 13.7. The average Bonchev–Trinajstić information content (AvgIpc) is 3.07. The molecule has 1 aromatic carbocycles. The standard InChI is InChI=1S/C19H26N2OS/c1-4-9-16(15-10-6-5-7-11-15)19(22)20-14-17(21(2)3)18-12-8-13-23-18/h5-8,10-13,16-17H,4,9,14H2,1-3H3,(H,20,22)/p+1/t16-,17+/m1/s1. The van der Waals surface area contributed by atoms with E-state index in [-0.39, 0.29) is 11.8 Å². The first-order valence-corrected chi connectivity index (χ1v) is 9.17. The molecule has 2 atom stereocenters. The lowest BCUT2D eigenvalue weighted by molar-refractivity contribution is -0.890. The lowest BCUT2D eigenvalue weighted by Crippen LogP contribution is -3.06. The van der Waals surface area contributed by atoms with Crippen LogP contribution in [0.3, 0.4) is 0 Å². The van der Waals surface area contributed by atoms with Crippen molar-refractivity contribution in [3.8, 4) is 0 Å². The molecule has 124 valence electrons. The minimum atomic E-state index is -0.0534. The first-order chi connectivity index (χ1) is 11.1. The molecule has 0 aliphatic rings. The Morgan fingerprint density at radius 2 is 1.91 bits per heavy atom. The summed E-state index contributed by atoms with van der Waals surface area (Å²) >= 11 is 1.75. The van der Waals surface area contributed by atoms with Gasteiger partial charge < -0.3 is 10.2 Å². The van der Waals surface area contributed by atoms with E-state index in [9.17, 15) is 4.79 Å². The summed E-state index contributed by atoms with van der Waals surface area (Å²) in [7, 11) is 4.27. The van der Waals surface area contributed by atoms with Crippen LogP contribution in [0.1, 0.15) is 42.2 Å². The number of amides is 1. The van der Waals surface area contributed by atoms with Gasteiger partial charge in [-0.05, 0) is 23.4 Å². The maximum absolute atomic E-state index is 12.7. The third-order valence-corrected chi connectivity index (χ3v) is 5.15. The van der Waals surface area contributed by atoms with Gasteiger partial charge in [0.05, 0.1) is 31.4 Å². The van der Waals surface area contributed by atoms with E-state index in [0.717, 1.165) is 18.4 Å². The zero-order valence-electron chi connectivity index (χ0n) is 14.2. The quantitative estimate of drug-likeness (QED) is 0.766. The van der Waals surface area contributed by atoms with Crippen molar-refractivity contribution >= 4 is 17.2 Å². The number of rotatable bonds is 8. The predicted molar refractivity (Wildman–Crippen MR) is 97.0 cm³/mol. The molecule has 23 heavy (non-hydrogen) atoms. The van der Waals surface area contributed by atoms with Crippen LogP contribution >= 0.6 is 11.3 Å². The van der Waals surface area contributed by atoms with Gasteiger partial charge in [-0.25, -0.2) is 0 Å². The number of likely N-dealkylation sites (N-methyl/N-ethyl adjacent to an activating group) is 1. The molecule has 1 amide bonds. The summed E-state index contributed by atoms with van der Waals surface area (Å²) in [6.45, 7) is 2.80. The first-order valence-electron chi connectivity index (χ1n) is 8.29. The van der Waals surface area contributed by atoms with E-state index in [2.05, 4.69) is 43.8 Å². The summed E-state index contributed by atoms with van der Waals surface area (Å²) in [5.41, 5.74) is 1.11. The van der Waals surface area contributed by atoms with Crippen LogP contribution in [0.5, 0.6) is 0 Å². The highest BCUT2D eigenvalue weighted by Crippen LogP contribution is 2.22. The first kappa shape index (κ1) is 17.7. The molecule has 0 spiro atoms. The summed E-state index contributed by atoms with van der Waals surface area (Å²) in [4.78, 5) is 15.4. The Kier molecular flexibility index (Phi) is 6.81. The van der Waals surface area contributed by atoms with Crippen LogP contribution < -0.4 is 10.2 Å². The predicted octanol–water partition coefficient (Wildman–Crippen LogP) is 2.63. The molecule has 1 heterocycles. The molecule has 2 N–H and O–H groups in total. The zero-order valence-corrected chi connectivity index (χ0v) is 15.0. The van der Waals surface area contributed by atoms with E-state index < -0.39 is 0 Å². The molecule has 0 radical (unpaired) electrons. The van der Waals surface area contributed by atoms with Gasteiger partial charge in [-0.1, -0.05) is 49.7 Å². The van der Waals surface area contributed by atoms with Gasteiger partial charge in [0.25, 0.3) is 0 Å². The molecule has 3 nitrogen and oxygen atoms in total. The molecule has 2 aromatic rings. The maximum atomic E-state index is 12.7. The van der Waals surface area contributed by atoms with E-state index in [0.29, 0.717) is 12.6 Å². The summed E-state index contributed by atoms with van der Waals surface area (Å²) < 4.78 is 0. The molecular weight excluding hydrogens is 304 g/mol. The fourth-order valence-corrected chi connectivity index (χ4v) is 3.78. The van der Waals surface area contributed by atoms with Crippen molar-refractivity contribution in [2.24, 2.45) is 0 Å². The van der Waals surface area contributed by atoms with Crippen molar-refractivity contribution in [3.05, 3.63) is 58.3 Å². The highest BCUT2D eigenvalue weighted by atomic mass is 32.1. The van der Waals surface area contributed by atoms with Crippen LogP contribution in [0.15, 0.2) is 47.8 Å². The van der Waals surface area contributed by atoms with E-state index in [1.807, 2.05) is 30.3 Å². The van der Waals surface area contributed by atoms with Gasteiger partial charge in [0.1, 0.15) is 6.04 Å². The molecule has 0 aliphatic carbocycles. The lowest BCUT2D eigenvalue weighted by Gasteiger charge is -2.23. The Morgan fingerprint density at radius 3 is 2.48 bits per heavy atom. The van der Waals surface area contributed by atoms with Crippen molar-refractivity contribution < 1.29 is 9.69 Å². The molecule has 0 fully saturated rings. The Bertz CT molecular complexity index is 581. The fraction of sp³-hybridized carbons (Fsp3) is 0.421. The van der Waals surface area contributed by atoms with Crippen molar-refractivity contribution in [3.63, 3.8) is 0 Å². The summed E-state index contributed by atoms with van der Waals surface area (Å²) in [6, 6.07) is 14.6. The largest absolute Gasteiger partial charge is 0.349 e. The Balaban J connectivity index is 2.03. The molecular formula is C19H27N2OS+. The van der Waals surface area contributed by atoms with E-state index >= 15 is 0 Å². The zero-order chi connectivity index (χ0) is 16.7. The monoisotopic (exact) mass is 331 g/mol. The molecule has 4 heteroatoms. The number of hydrogen-bond donors (Lipinski definition) is 2. The molecule has 0 bridgehead atoms. The molecule has 0 saturated carbocycles. The van der Waals surface area contributed by atoms with Gasteiger partial charge in [0.15, 0.2) is 0 Å². The van der Waals surface area contributed by atoms with Gasteiger partial charge in [0.2, 0.25) is 5.91 Å². The van der Waals surface area contributed by atoms with Gasteiger partial charge in [-0.15, -0.1) is 11.3 Å². The van der Waals surface area contributed by atoms with Crippen molar-refractivity contribution in [1.82, 2.24) is 5.32 Å². The van der Waals surface area contributed by atoms with Gasteiger partial charge in [-0.2, -0.15) is 0 Å². The topological polar surface area (TPSA) is 33.5 Å². The third-order valence-electron chi connectivity index (χ3n) is 4.16. The average molecular weight is 332 g/mol. The van der Waals surface area contributed by atoms with Crippen LogP contribution in [-0.2, 0) is 4.79 Å². The smallest absolute Gasteiger partial charge is 0.227 e. The molecule has 1 aromatic heterocycles. The summed E-state index contributed by atoms with van der Waals surface area (Å²) in [5.74, 6) is 0.0863. The second-order valence-corrected chi connectivity index (χ2v) is 7.12. The Hall–Kier alpha value is -1.65. The SMILES string of the molecule is CCC[C@@H](C(=O)NC[C@@H](c1cccs1)[NH+](C)C)c1ccccc1. The number of benzene rings is 1. The van der Waals surface area contributed by atoms with Gasteiger partial charge in [0, 0.05) is 0 Å². The second kappa shape index (κ2) is 8.85. The number of carbonyl (C=O) groups excluding carboxylic acids is 1. The molecule has 0 aliphatic heterocycles. The second-order valence-electron chi connectivity index (χ2n) is 6.14. The van der Waals surface area contributed by atoms with Crippen molar-refractivity contribution in [1.29, 1.82) is 0 Å². The molecule has 0 saturated heterocycles. The Labute approximate surface area is 143 Å². The number of carbonyl (C=O) groups is 1. The molecule has 0 unspecified atom stereocenters. The van der Waals surface area contributed by atoms with Crippen LogP contribution in [0.4, 0.5) is 0 Å². The van der Waals surface area contributed by atoms with E-state index in [1.165, 1.54) is 9.78 Å².